The number of hydrogen-bond acceptors (Lipinski definition) is 3. The van der Waals surface area contributed by atoms with Crippen LogP contribution in [0.5, 0.6) is 0 Å². The molecular formula is C20H23N5O. The molecule has 1 aliphatic heterocycles. The lowest BCUT2D eigenvalue weighted by atomic mass is 9.96. The number of rotatable bonds is 4. The van der Waals surface area contributed by atoms with E-state index in [4.69, 9.17) is 0 Å². The van der Waals surface area contributed by atoms with Crippen molar-refractivity contribution in [3.8, 4) is 5.69 Å². The molecule has 1 aromatic carbocycles. The molecular weight excluding hydrogens is 326 g/mol. The Morgan fingerprint density at radius 1 is 1.27 bits per heavy atom. The predicted octanol–water partition coefficient (Wildman–Crippen LogP) is 2.60. The van der Waals surface area contributed by atoms with Crippen molar-refractivity contribution in [3.05, 3.63) is 66.0 Å². The maximum absolute atomic E-state index is 12.9. The molecule has 3 heterocycles. The Morgan fingerprint density at radius 2 is 2.08 bits per heavy atom. The molecule has 0 N–H and O–H groups in total. The van der Waals surface area contributed by atoms with Crippen molar-refractivity contribution in [1.82, 2.24) is 24.2 Å². The van der Waals surface area contributed by atoms with Crippen LogP contribution in [-0.4, -0.2) is 37.2 Å². The first kappa shape index (κ1) is 16.6. The van der Waals surface area contributed by atoms with E-state index in [0.717, 1.165) is 42.3 Å². The van der Waals surface area contributed by atoms with Crippen LogP contribution in [0.1, 0.15) is 23.6 Å². The van der Waals surface area contributed by atoms with E-state index in [1.165, 1.54) is 0 Å². The van der Waals surface area contributed by atoms with Crippen LogP contribution < -0.4 is 0 Å². The molecule has 0 saturated heterocycles. The van der Waals surface area contributed by atoms with Gasteiger partial charge in [-0.25, -0.2) is 9.67 Å². The van der Waals surface area contributed by atoms with Crippen LogP contribution in [0.4, 0.5) is 0 Å². The molecule has 4 rings (SSSR count). The van der Waals surface area contributed by atoms with Crippen LogP contribution in [0, 0.1) is 12.8 Å². The van der Waals surface area contributed by atoms with E-state index in [-0.39, 0.29) is 11.8 Å². The van der Waals surface area contributed by atoms with Gasteiger partial charge in [-0.05, 0) is 31.5 Å². The number of benzene rings is 1. The topological polar surface area (TPSA) is 56.0 Å². The molecule has 0 fully saturated rings. The number of imidazole rings is 1. The fourth-order valence-corrected chi connectivity index (χ4v) is 3.58. The van der Waals surface area contributed by atoms with Crippen molar-refractivity contribution in [3.63, 3.8) is 0 Å². The van der Waals surface area contributed by atoms with Crippen molar-refractivity contribution in [2.24, 2.45) is 5.92 Å². The van der Waals surface area contributed by atoms with Crippen molar-refractivity contribution in [2.75, 3.05) is 7.05 Å². The Bertz CT molecular complexity index is 911. The van der Waals surface area contributed by atoms with Crippen molar-refractivity contribution >= 4 is 5.91 Å². The van der Waals surface area contributed by atoms with Gasteiger partial charge in [0.25, 0.3) is 0 Å². The molecule has 3 aromatic rings. The molecule has 134 valence electrons. The summed E-state index contributed by atoms with van der Waals surface area (Å²) in [5.41, 5.74) is 2.92. The van der Waals surface area contributed by atoms with E-state index in [1.807, 2.05) is 61.2 Å². The highest BCUT2D eigenvalue weighted by molar-refractivity contribution is 5.78. The molecule has 1 amide bonds. The monoisotopic (exact) mass is 349 g/mol. The van der Waals surface area contributed by atoms with Crippen LogP contribution >= 0.6 is 0 Å². The third-order valence-corrected chi connectivity index (χ3v) is 4.92. The highest BCUT2D eigenvalue weighted by Gasteiger charge is 2.28. The third-order valence-electron chi connectivity index (χ3n) is 4.92. The lowest BCUT2D eigenvalue weighted by molar-refractivity contribution is -0.135. The van der Waals surface area contributed by atoms with Crippen molar-refractivity contribution in [1.29, 1.82) is 0 Å². The second-order valence-corrected chi connectivity index (χ2v) is 6.96. The minimum Gasteiger partial charge on any atom is -0.340 e. The summed E-state index contributed by atoms with van der Waals surface area (Å²) in [6.45, 7) is 3.38. The van der Waals surface area contributed by atoms with Gasteiger partial charge >= 0.3 is 0 Å². The summed E-state index contributed by atoms with van der Waals surface area (Å²) < 4.78 is 4.01. The second-order valence-electron chi connectivity index (χ2n) is 6.96. The van der Waals surface area contributed by atoms with Gasteiger partial charge in [0, 0.05) is 38.3 Å². The second kappa shape index (κ2) is 6.78. The fourth-order valence-electron chi connectivity index (χ4n) is 3.58. The summed E-state index contributed by atoms with van der Waals surface area (Å²) in [5, 5.41) is 4.59. The van der Waals surface area contributed by atoms with Crippen LogP contribution in [0.2, 0.25) is 0 Å². The lowest BCUT2D eigenvalue weighted by Crippen LogP contribution is -2.36. The molecule has 1 unspecified atom stereocenters. The highest BCUT2D eigenvalue weighted by Crippen LogP contribution is 2.22. The van der Waals surface area contributed by atoms with Gasteiger partial charge in [-0.15, -0.1) is 0 Å². The first-order valence-electron chi connectivity index (χ1n) is 8.98. The maximum Gasteiger partial charge on any atom is 0.226 e. The number of amides is 1. The van der Waals surface area contributed by atoms with Crippen LogP contribution in [0.15, 0.2) is 48.8 Å². The molecule has 0 spiro atoms. The van der Waals surface area contributed by atoms with E-state index in [1.54, 1.807) is 4.90 Å². The minimum absolute atomic E-state index is 0.00510. The Labute approximate surface area is 153 Å². The molecule has 0 saturated carbocycles. The Morgan fingerprint density at radius 3 is 2.88 bits per heavy atom. The van der Waals surface area contributed by atoms with E-state index in [9.17, 15) is 4.79 Å². The number of nitrogens with zero attached hydrogens (tertiary/aromatic N) is 5. The van der Waals surface area contributed by atoms with Gasteiger partial charge in [0.2, 0.25) is 5.91 Å². The van der Waals surface area contributed by atoms with Gasteiger partial charge in [0.1, 0.15) is 5.82 Å². The molecule has 1 atom stereocenters. The van der Waals surface area contributed by atoms with Gasteiger partial charge in [-0.2, -0.15) is 5.10 Å². The molecule has 26 heavy (non-hydrogen) atoms. The van der Waals surface area contributed by atoms with Gasteiger partial charge in [-0.3, -0.25) is 4.79 Å². The van der Waals surface area contributed by atoms with Gasteiger partial charge in [0.15, 0.2) is 0 Å². The zero-order valence-corrected chi connectivity index (χ0v) is 15.2. The number of carbonyl (C=O) groups is 1. The fraction of sp³-hybridized carbons (Fsp3) is 0.350. The summed E-state index contributed by atoms with van der Waals surface area (Å²) in [7, 11) is 1.86. The van der Waals surface area contributed by atoms with E-state index in [2.05, 4.69) is 20.8 Å². The summed E-state index contributed by atoms with van der Waals surface area (Å²) >= 11 is 0. The number of carbonyl (C=O) groups excluding carboxylic acids is 1. The SMILES string of the molecule is Cc1cn2c(n1)CC(C(=O)N(C)Cc1ccn(-c3ccccc3)n1)CC2. The first-order chi connectivity index (χ1) is 12.6. The Hall–Kier alpha value is -2.89. The van der Waals surface area contributed by atoms with Crippen molar-refractivity contribution in [2.45, 2.75) is 32.9 Å². The average Bonchev–Trinajstić information content (AvgIpc) is 3.26. The van der Waals surface area contributed by atoms with E-state index in [0.29, 0.717) is 6.54 Å². The Kier molecular flexibility index (Phi) is 4.32. The molecule has 2 aromatic heterocycles. The van der Waals surface area contributed by atoms with Gasteiger partial charge in [-0.1, -0.05) is 18.2 Å². The quantitative estimate of drug-likeness (QED) is 0.727. The first-order valence-corrected chi connectivity index (χ1v) is 8.98. The number of aromatic nitrogens is 4. The molecule has 0 radical (unpaired) electrons. The zero-order chi connectivity index (χ0) is 18.1. The molecule has 0 bridgehead atoms. The van der Waals surface area contributed by atoms with Crippen LogP contribution in [0.25, 0.3) is 5.69 Å². The largest absolute Gasteiger partial charge is 0.340 e. The number of aryl methyl sites for hydroxylation is 2. The van der Waals surface area contributed by atoms with Gasteiger partial charge < -0.3 is 9.47 Å². The number of para-hydroxylation sites is 1. The maximum atomic E-state index is 12.9. The van der Waals surface area contributed by atoms with E-state index < -0.39 is 0 Å². The number of fused-ring (bicyclic) bond motifs is 1. The Balaban J connectivity index is 1.41. The molecule has 0 aliphatic carbocycles. The standard InChI is InChI=1S/C20H23N5O/c1-15-13-24-10-8-16(12-19(24)21-15)20(26)23(2)14-17-9-11-25(22-17)18-6-4-3-5-7-18/h3-7,9,11,13,16H,8,10,12,14H2,1-2H3. The molecule has 6 heteroatoms. The predicted molar refractivity (Wildman–Crippen MR) is 98.8 cm³/mol. The summed E-state index contributed by atoms with van der Waals surface area (Å²) in [6, 6.07) is 11.9. The highest BCUT2D eigenvalue weighted by atomic mass is 16.2. The molecule has 6 nitrogen and oxygen atoms in total. The summed E-state index contributed by atoms with van der Waals surface area (Å²) in [6.07, 6.45) is 5.58. The normalized spacial score (nSPS) is 16.3. The zero-order valence-electron chi connectivity index (χ0n) is 15.2. The van der Waals surface area contributed by atoms with Crippen LogP contribution in [-0.2, 0) is 24.3 Å². The third kappa shape index (κ3) is 3.27. The molecule has 1 aliphatic rings. The summed E-state index contributed by atoms with van der Waals surface area (Å²) in [5.74, 6) is 1.20. The van der Waals surface area contributed by atoms with Crippen LogP contribution in [0.3, 0.4) is 0 Å². The summed E-state index contributed by atoms with van der Waals surface area (Å²) in [4.78, 5) is 19.2. The number of hydrogen-bond donors (Lipinski definition) is 0. The average molecular weight is 349 g/mol. The van der Waals surface area contributed by atoms with E-state index >= 15 is 0 Å². The van der Waals surface area contributed by atoms with Gasteiger partial charge in [0.05, 0.1) is 23.6 Å². The van der Waals surface area contributed by atoms with Crippen molar-refractivity contribution < 1.29 is 4.79 Å². The minimum atomic E-state index is 0.00510. The smallest absolute Gasteiger partial charge is 0.226 e. The lowest BCUT2D eigenvalue weighted by Gasteiger charge is -2.26.